The lowest BCUT2D eigenvalue weighted by Gasteiger charge is -2.15. The predicted octanol–water partition coefficient (Wildman–Crippen LogP) is 5.83. The molecule has 0 N–H and O–H groups in total. The minimum absolute atomic E-state index is 0.290. The molecular formula is C23H37NO4. The van der Waals surface area contributed by atoms with E-state index in [4.69, 9.17) is 9.47 Å². The Morgan fingerprint density at radius 1 is 0.821 bits per heavy atom. The molecule has 2 atom stereocenters. The van der Waals surface area contributed by atoms with Gasteiger partial charge in [-0.2, -0.15) is 0 Å². The molecular weight excluding hydrogens is 354 g/mol. The van der Waals surface area contributed by atoms with Crippen molar-refractivity contribution in [1.29, 1.82) is 0 Å². The van der Waals surface area contributed by atoms with Crippen molar-refractivity contribution in [3.63, 3.8) is 0 Å². The largest absolute Gasteiger partial charge is 0.462 e. The van der Waals surface area contributed by atoms with Gasteiger partial charge in [0, 0.05) is 12.4 Å². The highest BCUT2D eigenvalue weighted by Gasteiger charge is 2.16. The summed E-state index contributed by atoms with van der Waals surface area (Å²) in [7, 11) is 0. The molecule has 0 aliphatic rings. The second-order valence-electron chi connectivity index (χ2n) is 7.49. The summed E-state index contributed by atoms with van der Waals surface area (Å²) in [5.41, 5.74) is 0.579. The van der Waals surface area contributed by atoms with Crippen molar-refractivity contribution in [3.8, 4) is 0 Å². The summed E-state index contributed by atoms with van der Waals surface area (Å²) >= 11 is 0. The second-order valence-corrected chi connectivity index (χ2v) is 7.49. The molecule has 5 heteroatoms. The summed E-state index contributed by atoms with van der Waals surface area (Å²) in [6, 6.07) is 1.51. The van der Waals surface area contributed by atoms with Gasteiger partial charge in [-0.25, -0.2) is 9.59 Å². The van der Waals surface area contributed by atoms with Crippen LogP contribution in [0.4, 0.5) is 0 Å². The molecule has 1 aromatic rings. The SMILES string of the molecule is CCCCC(CC)COC(=O)c1cncc(C(=O)OCC(CC)CCCC)c1. The molecule has 0 bridgehead atoms. The molecule has 28 heavy (non-hydrogen) atoms. The predicted molar refractivity (Wildman–Crippen MR) is 111 cm³/mol. The highest BCUT2D eigenvalue weighted by molar-refractivity contribution is 5.94. The average Bonchev–Trinajstić information content (AvgIpc) is 2.73. The number of carbonyl (C=O) groups excluding carboxylic acids is 2. The zero-order valence-corrected chi connectivity index (χ0v) is 18.0. The summed E-state index contributed by atoms with van der Waals surface area (Å²) in [4.78, 5) is 28.7. The highest BCUT2D eigenvalue weighted by Crippen LogP contribution is 2.16. The molecule has 0 radical (unpaired) electrons. The van der Waals surface area contributed by atoms with Crippen LogP contribution < -0.4 is 0 Å². The molecule has 5 nitrogen and oxygen atoms in total. The Labute approximate surface area is 170 Å². The number of aromatic nitrogens is 1. The maximum Gasteiger partial charge on any atom is 0.339 e. The lowest BCUT2D eigenvalue weighted by Crippen LogP contribution is -2.16. The number of nitrogens with zero attached hydrogens (tertiary/aromatic N) is 1. The summed E-state index contributed by atoms with van der Waals surface area (Å²) in [5.74, 6) is -0.129. The smallest absolute Gasteiger partial charge is 0.339 e. The van der Waals surface area contributed by atoms with Gasteiger partial charge in [0.2, 0.25) is 0 Å². The molecule has 0 aromatic carbocycles. The average molecular weight is 392 g/mol. The first kappa shape index (κ1) is 24.1. The van der Waals surface area contributed by atoms with E-state index in [0.717, 1.165) is 51.4 Å². The van der Waals surface area contributed by atoms with Gasteiger partial charge in [-0.05, 0) is 30.7 Å². The van der Waals surface area contributed by atoms with Crippen LogP contribution in [0.5, 0.6) is 0 Å². The van der Waals surface area contributed by atoms with E-state index in [1.54, 1.807) is 0 Å². The Morgan fingerprint density at radius 3 is 1.61 bits per heavy atom. The first-order valence-corrected chi connectivity index (χ1v) is 10.8. The first-order chi connectivity index (χ1) is 13.5. The second kappa shape index (κ2) is 14.1. The maximum absolute atomic E-state index is 12.3. The molecule has 0 fully saturated rings. The van der Waals surface area contributed by atoms with Crippen molar-refractivity contribution in [1.82, 2.24) is 4.98 Å². The van der Waals surface area contributed by atoms with Crippen LogP contribution in [0.2, 0.25) is 0 Å². The molecule has 0 spiro atoms. The minimum atomic E-state index is -0.438. The number of hydrogen-bond acceptors (Lipinski definition) is 5. The molecule has 1 rings (SSSR count). The fraction of sp³-hybridized carbons (Fsp3) is 0.696. The summed E-state index contributed by atoms with van der Waals surface area (Å²) in [5, 5.41) is 0. The van der Waals surface area contributed by atoms with Crippen LogP contribution in [0.1, 0.15) is 99.8 Å². The summed E-state index contributed by atoms with van der Waals surface area (Å²) < 4.78 is 10.9. The highest BCUT2D eigenvalue weighted by atomic mass is 16.5. The van der Waals surface area contributed by atoms with Crippen molar-refractivity contribution >= 4 is 11.9 Å². The lowest BCUT2D eigenvalue weighted by atomic mass is 10.0. The number of esters is 2. The van der Waals surface area contributed by atoms with Gasteiger partial charge in [-0.15, -0.1) is 0 Å². The van der Waals surface area contributed by atoms with Gasteiger partial charge < -0.3 is 9.47 Å². The van der Waals surface area contributed by atoms with Crippen molar-refractivity contribution < 1.29 is 19.1 Å². The third kappa shape index (κ3) is 8.85. The van der Waals surface area contributed by atoms with Crippen LogP contribution in [0, 0.1) is 11.8 Å². The van der Waals surface area contributed by atoms with Crippen molar-refractivity contribution in [2.75, 3.05) is 13.2 Å². The quantitative estimate of drug-likeness (QED) is 0.373. The first-order valence-electron chi connectivity index (χ1n) is 10.8. The topological polar surface area (TPSA) is 65.5 Å². The van der Waals surface area contributed by atoms with Crippen LogP contribution in [-0.2, 0) is 9.47 Å². The van der Waals surface area contributed by atoms with Gasteiger partial charge in [0.1, 0.15) is 0 Å². The normalized spacial score (nSPS) is 13.0. The lowest BCUT2D eigenvalue weighted by molar-refractivity contribution is 0.0425. The molecule has 0 aliphatic heterocycles. The molecule has 2 unspecified atom stereocenters. The number of ether oxygens (including phenoxy) is 2. The van der Waals surface area contributed by atoms with Gasteiger partial charge in [-0.3, -0.25) is 4.98 Å². The number of unbranched alkanes of at least 4 members (excludes halogenated alkanes) is 2. The van der Waals surface area contributed by atoms with Crippen LogP contribution >= 0.6 is 0 Å². The van der Waals surface area contributed by atoms with E-state index in [0.29, 0.717) is 25.0 Å². The van der Waals surface area contributed by atoms with Crippen molar-refractivity contribution in [2.24, 2.45) is 11.8 Å². The monoisotopic (exact) mass is 391 g/mol. The Balaban J connectivity index is 2.59. The molecule has 1 heterocycles. The fourth-order valence-electron chi connectivity index (χ4n) is 3.01. The Kier molecular flexibility index (Phi) is 12.2. The molecule has 0 amide bonds. The Hall–Kier alpha value is -1.91. The van der Waals surface area contributed by atoms with Gasteiger partial charge in [0.15, 0.2) is 0 Å². The van der Waals surface area contributed by atoms with E-state index in [-0.39, 0.29) is 11.1 Å². The standard InChI is InChI=1S/C23H37NO4/c1-5-9-11-18(7-3)16-27-22(25)20-13-21(15-24-14-20)23(26)28-17-19(8-4)12-10-6-2/h13-15,18-19H,5-12,16-17H2,1-4H3. The summed E-state index contributed by atoms with van der Waals surface area (Å²) in [6.45, 7) is 9.33. The van der Waals surface area contributed by atoms with Crippen LogP contribution in [0.3, 0.4) is 0 Å². The minimum Gasteiger partial charge on any atom is -0.462 e. The van der Waals surface area contributed by atoms with Gasteiger partial charge in [-0.1, -0.05) is 66.2 Å². The van der Waals surface area contributed by atoms with Gasteiger partial charge in [0.05, 0.1) is 24.3 Å². The zero-order chi connectivity index (χ0) is 20.8. The summed E-state index contributed by atoms with van der Waals surface area (Å²) in [6.07, 6.45) is 11.5. The molecule has 1 aromatic heterocycles. The number of pyridine rings is 1. The molecule has 0 saturated heterocycles. The van der Waals surface area contributed by atoms with E-state index in [1.165, 1.54) is 18.5 Å². The third-order valence-electron chi connectivity index (χ3n) is 5.20. The number of rotatable bonds is 14. The van der Waals surface area contributed by atoms with Gasteiger partial charge >= 0.3 is 11.9 Å². The van der Waals surface area contributed by atoms with E-state index in [9.17, 15) is 9.59 Å². The van der Waals surface area contributed by atoms with Crippen LogP contribution in [-0.4, -0.2) is 30.1 Å². The van der Waals surface area contributed by atoms with Crippen LogP contribution in [0.15, 0.2) is 18.5 Å². The fourth-order valence-corrected chi connectivity index (χ4v) is 3.01. The van der Waals surface area contributed by atoms with E-state index in [2.05, 4.69) is 32.7 Å². The van der Waals surface area contributed by atoms with Crippen molar-refractivity contribution in [3.05, 3.63) is 29.6 Å². The van der Waals surface area contributed by atoms with Gasteiger partial charge in [0.25, 0.3) is 0 Å². The molecule has 0 aliphatic carbocycles. The van der Waals surface area contributed by atoms with E-state index in [1.807, 2.05) is 0 Å². The van der Waals surface area contributed by atoms with E-state index >= 15 is 0 Å². The Bertz CT molecular complexity index is 540. The molecule has 158 valence electrons. The molecule has 0 saturated carbocycles. The van der Waals surface area contributed by atoms with Crippen LogP contribution in [0.25, 0.3) is 0 Å². The maximum atomic E-state index is 12.3. The number of hydrogen-bond donors (Lipinski definition) is 0. The third-order valence-corrected chi connectivity index (χ3v) is 5.20. The van der Waals surface area contributed by atoms with Crippen molar-refractivity contribution in [2.45, 2.75) is 79.1 Å². The van der Waals surface area contributed by atoms with E-state index < -0.39 is 11.9 Å². The Morgan fingerprint density at radius 2 is 1.25 bits per heavy atom. The zero-order valence-electron chi connectivity index (χ0n) is 18.0. The number of carbonyl (C=O) groups is 2.